The van der Waals surface area contributed by atoms with Crippen molar-refractivity contribution < 1.29 is 19.4 Å². The average molecular weight is 326 g/mol. The van der Waals surface area contributed by atoms with Crippen LogP contribution >= 0.6 is 0 Å². The molecular weight excluding hydrogens is 312 g/mol. The summed E-state index contributed by atoms with van der Waals surface area (Å²) in [4.78, 5) is 26.9. The maximum atomic E-state index is 12.2. The highest BCUT2D eigenvalue weighted by atomic mass is 16.4. The van der Waals surface area contributed by atoms with Gasteiger partial charge in [0.2, 0.25) is 0 Å². The molecule has 0 atom stereocenters. The molecule has 0 fully saturated rings. The minimum atomic E-state index is -0.921. The first-order chi connectivity index (χ1) is 11.5. The van der Waals surface area contributed by atoms with E-state index in [0.717, 1.165) is 0 Å². The van der Waals surface area contributed by atoms with E-state index in [2.05, 4.69) is 16.9 Å². The van der Waals surface area contributed by atoms with Gasteiger partial charge in [-0.1, -0.05) is 6.08 Å². The lowest BCUT2D eigenvalue weighted by Crippen LogP contribution is -2.18. The fourth-order valence-corrected chi connectivity index (χ4v) is 2.40. The SMILES string of the molecule is C=CCc1c(O)ccc2c(O)c(NC(=O)c3ccc[nH]3)c(=O)oc12. The Morgan fingerprint density at radius 1 is 1.33 bits per heavy atom. The average Bonchev–Trinajstić information content (AvgIpc) is 3.09. The molecule has 3 aromatic rings. The number of fused-ring (bicyclic) bond motifs is 1. The molecule has 0 spiro atoms. The van der Waals surface area contributed by atoms with Crippen LogP contribution in [0.2, 0.25) is 0 Å². The molecule has 0 bridgehead atoms. The van der Waals surface area contributed by atoms with E-state index >= 15 is 0 Å². The van der Waals surface area contributed by atoms with Crippen LogP contribution in [0.3, 0.4) is 0 Å². The summed E-state index contributed by atoms with van der Waals surface area (Å²) in [5, 5.41) is 22.8. The third kappa shape index (κ3) is 2.52. The number of phenols is 1. The molecular formula is C17H14N2O5. The second-order valence-corrected chi connectivity index (χ2v) is 5.08. The maximum Gasteiger partial charge on any atom is 0.364 e. The largest absolute Gasteiger partial charge is 0.508 e. The Kier molecular flexibility index (Phi) is 3.83. The van der Waals surface area contributed by atoms with E-state index in [4.69, 9.17) is 4.42 Å². The summed E-state index contributed by atoms with van der Waals surface area (Å²) < 4.78 is 5.21. The van der Waals surface area contributed by atoms with Gasteiger partial charge in [-0.15, -0.1) is 6.58 Å². The summed E-state index contributed by atoms with van der Waals surface area (Å²) in [6, 6.07) is 5.93. The van der Waals surface area contributed by atoms with E-state index < -0.39 is 17.3 Å². The number of aromatic amines is 1. The number of hydrogen-bond acceptors (Lipinski definition) is 5. The predicted octanol–water partition coefficient (Wildman–Crippen LogP) is 2.51. The zero-order valence-electron chi connectivity index (χ0n) is 12.5. The molecule has 0 aliphatic rings. The van der Waals surface area contributed by atoms with Crippen LogP contribution in [0.4, 0.5) is 5.69 Å². The summed E-state index contributed by atoms with van der Waals surface area (Å²) in [5.41, 5.74) is -0.674. The summed E-state index contributed by atoms with van der Waals surface area (Å²) in [6.45, 7) is 3.58. The molecule has 4 N–H and O–H groups in total. The second-order valence-electron chi connectivity index (χ2n) is 5.08. The summed E-state index contributed by atoms with van der Waals surface area (Å²) >= 11 is 0. The Morgan fingerprint density at radius 2 is 2.12 bits per heavy atom. The lowest BCUT2D eigenvalue weighted by atomic mass is 10.1. The molecule has 0 aliphatic heterocycles. The number of rotatable bonds is 4. The van der Waals surface area contributed by atoms with Crippen LogP contribution in [0.15, 0.2) is 52.3 Å². The number of carbonyl (C=O) groups excluding carboxylic acids is 1. The third-order valence-corrected chi connectivity index (χ3v) is 3.56. The van der Waals surface area contributed by atoms with Crippen molar-refractivity contribution in [3.8, 4) is 11.5 Å². The Labute approximate surface area is 135 Å². The molecule has 0 saturated carbocycles. The Morgan fingerprint density at radius 3 is 2.79 bits per heavy atom. The molecule has 1 amide bonds. The maximum absolute atomic E-state index is 12.2. The smallest absolute Gasteiger partial charge is 0.364 e. The van der Waals surface area contributed by atoms with E-state index in [0.29, 0.717) is 5.56 Å². The highest BCUT2D eigenvalue weighted by Crippen LogP contribution is 2.35. The van der Waals surface area contributed by atoms with Gasteiger partial charge in [0.15, 0.2) is 11.4 Å². The second kappa shape index (κ2) is 5.96. The first-order valence-corrected chi connectivity index (χ1v) is 7.09. The molecule has 122 valence electrons. The minimum absolute atomic E-state index is 0.0512. The molecule has 0 saturated heterocycles. The highest BCUT2D eigenvalue weighted by Gasteiger charge is 2.20. The van der Waals surface area contributed by atoms with Crippen molar-refractivity contribution in [3.05, 3.63) is 64.8 Å². The number of H-pyrrole nitrogens is 1. The van der Waals surface area contributed by atoms with Crippen molar-refractivity contribution in [2.24, 2.45) is 0 Å². The molecule has 0 radical (unpaired) electrons. The van der Waals surface area contributed by atoms with E-state index in [9.17, 15) is 19.8 Å². The van der Waals surface area contributed by atoms with Gasteiger partial charge >= 0.3 is 5.63 Å². The lowest BCUT2D eigenvalue weighted by molar-refractivity contribution is 0.102. The number of carbonyl (C=O) groups is 1. The van der Waals surface area contributed by atoms with E-state index in [1.165, 1.54) is 24.3 Å². The van der Waals surface area contributed by atoms with Gasteiger partial charge < -0.3 is 24.9 Å². The highest BCUT2D eigenvalue weighted by molar-refractivity contribution is 6.05. The lowest BCUT2D eigenvalue weighted by Gasteiger charge is -2.10. The molecule has 2 aromatic heterocycles. The number of aromatic hydroxyl groups is 2. The number of benzene rings is 1. The van der Waals surface area contributed by atoms with Crippen LogP contribution in [0.5, 0.6) is 11.5 Å². The number of phenolic OH excluding ortho intramolecular Hbond substituents is 1. The quantitative estimate of drug-likeness (QED) is 0.434. The minimum Gasteiger partial charge on any atom is -0.508 e. The zero-order chi connectivity index (χ0) is 17.3. The van der Waals surface area contributed by atoms with Crippen molar-refractivity contribution >= 4 is 22.6 Å². The van der Waals surface area contributed by atoms with Crippen molar-refractivity contribution in [1.82, 2.24) is 4.98 Å². The van der Waals surface area contributed by atoms with Crippen LogP contribution < -0.4 is 10.9 Å². The van der Waals surface area contributed by atoms with E-state index in [-0.39, 0.29) is 34.5 Å². The van der Waals surface area contributed by atoms with Gasteiger partial charge in [0.25, 0.3) is 5.91 Å². The number of hydrogen-bond donors (Lipinski definition) is 4. The molecule has 7 nitrogen and oxygen atoms in total. The Bertz CT molecular complexity index is 986. The first kappa shape index (κ1) is 15.4. The van der Waals surface area contributed by atoms with Crippen LogP contribution in [-0.4, -0.2) is 21.1 Å². The van der Waals surface area contributed by atoms with Crippen LogP contribution in [-0.2, 0) is 6.42 Å². The van der Waals surface area contributed by atoms with Gasteiger partial charge in [-0.25, -0.2) is 4.79 Å². The van der Waals surface area contributed by atoms with Crippen molar-refractivity contribution in [1.29, 1.82) is 0 Å². The van der Waals surface area contributed by atoms with Crippen LogP contribution in [0, 0.1) is 0 Å². The molecule has 1 aromatic carbocycles. The topological polar surface area (TPSA) is 116 Å². The van der Waals surface area contributed by atoms with Gasteiger partial charge in [-0.2, -0.15) is 0 Å². The monoisotopic (exact) mass is 326 g/mol. The molecule has 7 heteroatoms. The fourth-order valence-electron chi connectivity index (χ4n) is 2.40. The van der Waals surface area contributed by atoms with Gasteiger partial charge in [0.05, 0.1) is 5.39 Å². The standard InChI is InChI=1S/C17H14N2O5/c1-2-4-9-12(20)7-6-10-14(21)13(17(23)24-15(9)10)19-16(22)11-5-3-8-18-11/h2-3,5-8,18,20-21H,1,4H2,(H,19,22). The van der Waals surface area contributed by atoms with Crippen molar-refractivity contribution in [2.45, 2.75) is 6.42 Å². The Hall–Kier alpha value is -3.48. The summed E-state index contributed by atoms with van der Waals surface area (Å²) in [5.74, 6) is -1.09. The number of anilines is 1. The van der Waals surface area contributed by atoms with Gasteiger partial charge in [-0.05, 0) is 30.7 Å². The fraction of sp³-hybridized carbons (Fsp3) is 0.0588. The third-order valence-electron chi connectivity index (χ3n) is 3.56. The number of allylic oxidation sites excluding steroid dienone is 1. The first-order valence-electron chi connectivity index (χ1n) is 7.09. The summed E-state index contributed by atoms with van der Waals surface area (Å²) in [6.07, 6.45) is 3.34. The van der Waals surface area contributed by atoms with E-state index in [1.807, 2.05) is 0 Å². The predicted molar refractivity (Wildman–Crippen MR) is 88.5 cm³/mol. The normalized spacial score (nSPS) is 10.7. The molecule has 2 heterocycles. The molecule has 3 rings (SSSR count). The zero-order valence-corrected chi connectivity index (χ0v) is 12.5. The van der Waals surface area contributed by atoms with Gasteiger partial charge in [0.1, 0.15) is 17.0 Å². The molecule has 0 unspecified atom stereocenters. The van der Waals surface area contributed by atoms with Gasteiger partial charge in [-0.3, -0.25) is 4.79 Å². The van der Waals surface area contributed by atoms with Crippen molar-refractivity contribution in [2.75, 3.05) is 5.32 Å². The van der Waals surface area contributed by atoms with Crippen LogP contribution in [0.1, 0.15) is 16.1 Å². The number of aromatic nitrogens is 1. The molecule has 24 heavy (non-hydrogen) atoms. The number of nitrogens with one attached hydrogen (secondary N) is 2. The van der Waals surface area contributed by atoms with Crippen molar-refractivity contribution in [3.63, 3.8) is 0 Å². The van der Waals surface area contributed by atoms with Crippen LogP contribution in [0.25, 0.3) is 11.0 Å². The molecule has 0 aliphatic carbocycles. The number of amides is 1. The van der Waals surface area contributed by atoms with E-state index in [1.54, 1.807) is 12.3 Å². The summed E-state index contributed by atoms with van der Waals surface area (Å²) in [7, 11) is 0. The van der Waals surface area contributed by atoms with Gasteiger partial charge in [0, 0.05) is 11.8 Å². The Balaban J connectivity index is 2.14.